The first-order valence-corrected chi connectivity index (χ1v) is 12.1. The lowest BCUT2D eigenvalue weighted by Crippen LogP contribution is -2.40. The minimum atomic E-state index is -0.675. The van der Waals surface area contributed by atoms with Gasteiger partial charge in [-0.15, -0.1) is 12.4 Å². The van der Waals surface area contributed by atoms with Crippen LogP contribution in [-0.2, 0) is 17.8 Å². The molecule has 2 aliphatic heterocycles. The highest BCUT2D eigenvalue weighted by Gasteiger charge is 2.28. The van der Waals surface area contributed by atoms with Crippen molar-refractivity contribution in [2.45, 2.75) is 13.0 Å². The average Bonchev–Trinajstić information content (AvgIpc) is 3.41. The maximum Gasteiger partial charge on any atom is 0.277 e. The predicted octanol–water partition coefficient (Wildman–Crippen LogP) is 3.16. The van der Waals surface area contributed by atoms with E-state index < -0.39 is 23.2 Å². The Hall–Kier alpha value is -4.90. The number of nitrogens with zero attached hydrogens (tertiary/aromatic N) is 2. The van der Waals surface area contributed by atoms with Crippen LogP contribution in [0.3, 0.4) is 0 Å². The molecule has 1 amide bonds. The number of aromatic hydroxyl groups is 3. The number of hydrogen-bond acceptors (Lipinski definition) is 9. The molecule has 1 aromatic heterocycles. The molecule has 3 heterocycles. The van der Waals surface area contributed by atoms with Gasteiger partial charge in [0.1, 0.15) is 0 Å². The fourth-order valence-corrected chi connectivity index (χ4v) is 4.74. The molecule has 12 heteroatoms. The SMILES string of the molecule is COc1ccc2cc3[n+](cc2c1OCC(=O)N/N=C/c1ccc(O)c(O)c1O)CCc1cc2c(cc1-3)OCO2.Cl. The Morgan fingerprint density at radius 2 is 1.90 bits per heavy atom. The van der Waals surface area contributed by atoms with Gasteiger partial charge in [-0.3, -0.25) is 4.79 Å². The van der Waals surface area contributed by atoms with Crippen molar-refractivity contribution in [1.82, 2.24) is 5.43 Å². The van der Waals surface area contributed by atoms with Crippen molar-refractivity contribution in [1.29, 1.82) is 0 Å². The van der Waals surface area contributed by atoms with Crippen molar-refractivity contribution in [3.05, 3.63) is 59.8 Å². The van der Waals surface area contributed by atoms with E-state index in [-0.39, 0.29) is 31.4 Å². The van der Waals surface area contributed by atoms with E-state index in [9.17, 15) is 20.1 Å². The van der Waals surface area contributed by atoms with E-state index in [0.717, 1.165) is 52.7 Å². The molecule has 4 N–H and O–H groups in total. The molecule has 0 bridgehead atoms. The van der Waals surface area contributed by atoms with Gasteiger partial charge in [0, 0.05) is 18.1 Å². The molecular weight excluding hydrogens is 542 g/mol. The van der Waals surface area contributed by atoms with Gasteiger partial charge in [0.25, 0.3) is 5.91 Å². The predicted molar refractivity (Wildman–Crippen MR) is 146 cm³/mol. The van der Waals surface area contributed by atoms with Crippen LogP contribution in [0.1, 0.15) is 11.1 Å². The molecular formula is C28H25ClN3O8+. The minimum absolute atomic E-state index is 0. The summed E-state index contributed by atoms with van der Waals surface area (Å²) in [5.41, 5.74) is 5.72. The molecule has 0 saturated carbocycles. The summed E-state index contributed by atoms with van der Waals surface area (Å²) in [5, 5.41) is 34.4. The number of halogens is 1. The van der Waals surface area contributed by atoms with Gasteiger partial charge < -0.3 is 34.3 Å². The largest absolute Gasteiger partial charge is 0.504 e. The van der Waals surface area contributed by atoms with Crippen molar-refractivity contribution in [2.75, 3.05) is 20.5 Å². The molecule has 0 fully saturated rings. The monoisotopic (exact) mass is 566 g/mol. The highest BCUT2D eigenvalue weighted by Crippen LogP contribution is 2.42. The van der Waals surface area contributed by atoms with Crippen LogP contribution < -0.4 is 28.9 Å². The molecule has 11 nitrogen and oxygen atoms in total. The van der Waals surface area contributed by atoms with Gasteiger partial charge in [0.05, 0.1) is 24.3 Å². The van der Waals surface area contributed by atoms with Crippen molar-refractivity contribution in [2.24, 2.45) is 5.10 Å². The number of pyridine rings is 1. The molecule has 3 aromatic carbocycles. The first-order chi connectivity index (χ1) is 18.9. The third-order valence-electron chi connectivity index (χ3n) is 6.70. The highest BCUT2D eigenvalue weighted by atomic mass is 35.5. The number of carbonyl (C=O) groups excluding carboxylic acids is 1. The lowest BCUT2D eigenvalue weighted by molar-refractivity contribution is -0.686. The molecule has 0 atom stereocenters. The topological polar surface area (TPSA) is 143 Å². The fraction of sp³-hybridized carbons (Fsp3) is 0.179. The number of hydrazone groups is 1. The Morgan fingerprint density at radius 1 is 1.10 bits per heavy atom. The first-order valence-electron chi connectivity index (χ1n) is 12.1. The number of rotatable bonds is 6. The molecule has 6 rings (SSSR count). The van der Waals surface area contributed by atoms with Gasteiger partial charge in [-0.1, -0.05) is 0 Å². The van der Waals surface area contributed by atoms with Gasteiger partial charge in [-0.25, -0.2) is 5.43 Å². The van der Waals surface area contributed by atoms with Crippen LogP contribution in [0.2, 0.25) is 0 Å². The lowest BCUT2D eigenvalue weighted by Gasteiger charge is -2.17. The summed E-state index contributed by atoms with van der Waals surface area (Å²) in [6.07, 6.45) is 3.95. The Morgan fingerprint density at radius 3 is 2.70 bits per heavy atom. The molecule has 0 radical (unpaired) electrons. The minimum Gasteiger partial charge on any atom is -0.504 e. The maximum absolute atomic E-state index is 12.4. The number of carbonyl (C=O) groups is 1. The number of phenols is 3. The Bertz CT molecular complexity index is 1670. The lowest BCUT2D eigenvalue weighted by atomic mass is 9.95. The number of fused-ring (bicyclic) bond motifs is 5. The van der Waals surface area contributed by atoms with Crippen molar-refractivity contribution < 1.29 is 43.6 Å². The quantitative estimate of drug-likeness (QED) is 0.121. The summed E-state index contributed by atoms with van der Waals surface area (Å²) in [5.74, 6) is 0.136. The van der Waals surface area contributed by atoms with Crippen LogP contribution in [0.25, 0.3) is 22.0 Å². The Balaban J connectivity index is 0.00000323. The zero-order valence-electron chi connectivity index (χ0n) is 21.2. The summed E-state index contributed by atoms with van der Waals surface area (Å²) in [6.45, 7) is 0.620. The van der Waals surface area contributed by atoms with Gasteiger partial charge in [-0.05, 0) is 47.3 Å². The van der Waals surface area contributed by atoms with E-state index in [4.69, 9.17) is 18.9 Å². The summed E-state index contributed by atoms with van der Waals surface area (Å²) < 4.78 is 24.7. The summed E-state index contributed by atoms with van der Waals surface area (Å²) >= 11 is 0. The molecule has 0 aliphatic carbocycles. The number of nitrogens with one attached hydrogen (secondary N) is 1. The molecule has 206 valence electrons. The number of benzene rings is 3. The number of aromatic nitrogens is 1. The van der Waals surface area contributed by atoms with Crippen molar-refractivity contribution in [3.63, 3.8) is 0 Å². The van der Waals surface area contributed by atoms with Crippen molar-refractivity contribution >= 4 is 35.3 Å². The maximum atomic E-state index is 12.4. The van der Waals surface area contributed by atoms with Gasteiger partial charge >= 0.3 is 0 Å². The highest BCUT2D eigenvalue weighted by molar-refractivity contribution is 5.92. The van der Waals surface area contributed by atoms with Gasteiger partial charge in [-0.2, -0.15) is 9.67 Å². The van der Waals surface area contributed by atoms with Crippen molar-refractivity contribution in [3.8, 4) is 51.5 Å². The standard InChI is InChI=1S/C28H23N3O8.ClH/c1-36-22-5-3-15-8-20-18-10-24-23(38-14-39-24)9-16(18)6-7-31(20)12-19(15)28(22)37-13-25(33)30-29-11-17-2-4-21(32)27(35)26(17)34;/h2-5,8-12H,6-7,13-14H2,1H3,(H3-,29,30,32,33,34,35);1H/p+1. The smallest absolute Gasteiger partial charge is 0.277 e. The first kappa shape index (κ1) is 26.7. The van der Waals surface area contributed by atoms with Gasteiger partial charge in [0.15, 0.2) is 53.8 Å². The van der Waals surface area contributed by atoms with Crippen LogP contribution in [0.4, 0.5) is 0 Å². The average molecular weight is 567 g/mol. The molecule has 40 heavy (non-hydrogen) atoms. The Labute approximate surface area is 234 Å². The molecule has 0 spiro atoms. The summed E-state index contributed by atoms with van der Waals surface area (Å²) in [6, 6.07) is 12.4. The Kier molecular flexibility index (Phi) is 7.14. The number of methoxy groups -OCH3 is 1. The third-order valence-corrected chi connectivity index (χ3v) is 6.70. The number of amides is 1. The second-order valence-corrected chi connectivity index (χ2v) is 9.02. The van der Waals surface area contributed by atoms with Crippen LogP contribution >= 0.6 is 12.4 Å². The number of phenolic OH excluding ortho intramolecular Hbond substituents is 3. The second-order valence-electron chi connectivity index (χ2n) is 9.02. The van der Waals surface area contributed by atoms with Gasteiger partial charge in [0.2, 0.25) is 18.2 Å². The number of hydrogen-bond donors (Lipinski definition) is 4. The van der Waals surface area contributed by atoms with Crippen LogP contribution in [-0.4, -0.2) is 48.0 Å². The zero-order valence-corrected chi connectivity index (χ0v) is 22.0. The van der Waals surface area contributed by atoms with E-state index in [2.05, 4.69) is 21.2 Å². The third kappa shape index (κ3) is 4.71. The fourth-order valence-electron chi connectivity index (χ4n) is 4.74. The number of aryl methyl sites for hydroxylation is 2. The molecule has 4 aromatic rings. The normalized spacial score (nSPS) is 12.9. The van der Waals surface area contributed by atoms with Crippen LogP contribution in [0.15, 0.2) is 53.8 Å². The van der Waals surface area contributed by atoms with E-state index in [1.165, 1.54) is 24.8 Å². The summed E-state index contributed by atoms with van der Waals surface area (Å²) in [7, 11) is 1.53. The van der Waals surface area contributed by atoms with E-state index >= 15 is 0 Å². The van der Waals surface area contributed by atoms with E-state index in [1.54, 1.807) is 6.07 Å². The molecule has 0 unspecified atom stereocenters. The number of ether oxygens (including phenoxy) is 4. The van der Waals surface area contributed by atoms with Crippen LogP contribution in [0, 0.1) is 0 Å². The van der Waals surface area contributed by atoms with E-state index in [0.29, 0.717) is 11.5 Å². The molecule has 0 saturated heterocycles. The summed E-state index contributed by atoms with van der Waals surface area (Å²) in [4.78, 5) is 12.4. The molecule has 2 aliphatic rings. The second kappa shape index (κ2) is 10.7. The van der Waals surface area contributed by atoms with Crippen LogP contribution in [0.5, 0.6) is 40.2 Å². The zero-order chi connectivity index (χ0) is 27.1. The van der Waals surface area contributed by atoms with E-state index in [1.807, 2.05) is 24.4 Å².